The molecule has 1 aliphatic rings. The van der Waals surface area contributed by atoms with Crippen LogP contribution in [0.1, 0.15) is 38.7 Å². The van der Waals surface area contributed by atoms with Crippen LogP contribution in [0.2, 0.25) is 5.02 Å². The first-order valence-corrected chi connectivity index (χ1v) is 6.08. The third-order valence-electron chi connectivity index (χ3n) is 3.35. The molecule has 0 radical (unpaired) electrons. The summed E-state index contributed by atoms with van der Waals surface area (Å²) in [6.07, 6.45) is 2.98. The van der Waals surface area contributed by atoms with Crippen molar-refractivity contribution in [3.63, 3.8) is 0 Å². The molecule has 1 aromatic carbocycles. The Morgan fingerprint density at radius 2 is 2.19 bits per heavy atom. The predicted octanol–water partition coefficient (Wildman–Crippen LogP) is 3.74. The summed E-state index contributed by atoms with van der Waals surface area (Å²) >= 11 is 6.21. The van der Waals surface area contributed by atoms with Crippen molar-refractivity contribution in [2.24, 2.45) is 0 Å². The Morgan fingerprint density at radius 3 is 2.88 bits per heavy atom. The molecular formula is C13H16ClNO. The van der Waals surface area contributed by atoms with E-state index >= 15 is 0 Å². The summed E-state index contributed by atoms with van der Waals surface area (Å²) in [5.41, 5.74) is 1.38. The molecule has 0 aliphatic carbocycles. The number of amides is 1. The van der Waals surface area contributed by atoms with Crippen LogP contribution in [-0.2, 0) is 10.2 Å². The van der Waals surface area contributed by atoms with Crippen LogP contribution in [0.25, 0.3) is 0 Å². The molecule has 1 unspecified atom stereocenters. The number of halogens is 1. The number of fused-ring (bicyclic) bond motifs is 1. The van der Waals surface area contributed by atoms with Gasteiger partial charge < -0.3 is 5.32 Å². The monoisotopic (exact) mass is 237 g/mol. The molecule has 2 rings (SSSR count). The van der Waals surface area contributed by atoms with Crippen molar-refractivity contribution in [3.8, 4) is 0 Å². The third kappa shape index (κ3) is 1.61. The molecule has 0 spiro atoms. The van der Waals surface area contributed by atoms with Gasteiger partial charge >= 0.3 is 0 Å². The molecule has 86 valence electrons. The fourth-order valence-electron chi connectivity index (χ4n) is 2.33. The van der Waals surface area contributed by atoms with Gasteiger partial charge in [-0.3, -0.25) is 4.79 Å². The van der Waals surface area contributed by atoms with Gasteiger partial charge in [0.1, 0.15) is 0 Å². The van der Waals surface area contributed by atoms with E-state index in [1.165, 1.54) is 0 Å². The SMILES string of the molecule is CCCCC1(C)C(=O)Nc2cccc(Cl)c21. The molecular weight excluding hydrogens is 222 g/mol. The standard InChI is InChI=1S/C13H16ClNO/c1-3-4-8-13(2)11-9(14)6-5-7-10(11)15-12(13)16/h5-7H,3-4,8H2,1-2H3,(H,15,16). The zero-order valence-corrected chi connectivity index (χ0v) is 10.4. The second kappa shape index (κ2) is 4.10. The maximum Gasteiger partial charge on any atom is 0.234 e. The molecule has 0 bridgehead atoms. The Morgan fingerprint density at radius 1 is 1.44 bits per heavy atom. The van der Waals surface area contributed by atoms with Gasteiger partial charge in [-0.25, -0.2) is 0 Å². The smallest absolute Gasteiger partial charge is 0.234 e. The minimum atomic E-state index is -0.455. The van der Waals surface area contributed by atoms with E-state index in [1.807, 2.05) is 25.1 Å². The second-order valence-corrected chi connectivity index (χ2v) is 4.96. The summed E-state index contributed by atoms with van der Waals surface area (Å²) in [6, 6.07) is 5.63. The van der Waals surface area contributed by atoms with E-state index in [4.69, 9.17) is 11.6 Å². The van der Waals surface area contributed by atoms with Crippen LogP contribution in [-0.4, -0.2) is 5.91 Å². The molecule has 3 heteroatoms. The molecule has 1 amide bonds. The van der Waals surface area contributed by atoms with Gasteiger partial charge in [0.25, 0.3) is 0 Å². The topological polar surface area (TPSA) is 29.1 Å². The molecule has 1 aliphatic heterocycles. The number of carbonyl (C=O) groups is 1. The zero-order chi connectivity index (χ0) is 11.8. The van der Waals surface area contributed by atoms with Crippen LogP contribution in [0.5, 0.6) is 0 Å². The highest BCUT2D eigenvalue weighted by Gasteiger charge is 2.43. The van der Waals surface area contributed by atoms with Crippen molar-refractivity contribution in [2.75, 3.05) is 5.32 Å². The van der Waals surface area contributed by atoms with E-state index in [-0.39, 0.29) is 5.91 Å². The molecule has 16 heavy (non-hydrogen) atoms. The average Bonchev–Trinajstić information content (AvgIpc) is 2.50. The van der Waals surface area contributed by atoms with Crippen molar-refractivity contribution in [1.29, 1.82) is 0 Å². The quantitative estimate of drug-likeness (QED) is 0.853. The fraction of sp³-hybridized carbons (Fsp3) is 0.462. The maximum absolute atomic E-state index is 12.0. The molecule has 0 saturated heterocycles. The first-order valence-electron chi connectivity index (χ1n) is 5.70. The summed E-state index contributed by atoms with van der Waals surface area (Å²) in [5, 5.41) is 3.60. The number of hydrogen-bond donors (Lipinski definition) is 1. The lowest BCUT2D eigenvalue weighted by molar-refractivity contribution is -0.120. The zero-order valence-electron chi connectivity index (χ0n) is 9.64. The van der Waals surface area contributed by atoms with Gasteiger partial charge in [-0.2, -0.15) is 0 Å². The molecule has 0 saturated carbocycles. The Kier molecular flexibility index (Phi) is 2.94. The summed E-state index contributed by atoms with van der Waals surface area (Å²) in [6.45, 7) is 4.11. The van der Waals surface area contributed by atoms with Gasteiger partial charge in [0, 0.05) is 16.3 Å². The molecule has 0 fully saturated rings. The van der Waals surface area contributed by atoms with Crippen molar-refractivity contribution in [3.05, 3.63) is 28.8 Å². The average molecular weight is 238 g/mol. The Bertz CT molecular complexity index is 430. The van der Waals surface area contributed by atoms with Crippen LogP contribution in [0, 0.1) is 0 Å². The van der Waals surface area contributed by atoms with Crippen molar-refractivity contribution >= 4 is 23.2 Å². The summed E-state index contributed by atoms with van der Waals surface area (Å²) < 4.78 is 0. The first-order chi connectivity index (χ1) is 7.59. The summed E-state index contributed by atoms with van der Waals surface area (Å²) in [7, 11) is 0. The minimum absolute atomic E-state index is 0.0732. The fourth-order valence-corrected chi connectivity index (χ4v) is 2.71. The van der Waals surface area contributed by atoms with Crippen LogP contribution in [0.4, 0.5) is 5.69 Å². The lowest BCUT2D eigenvalue weighted by Crippen LogP contribution is -2.31. The Hall–Kier alpha value is -1.02. The van der Waals surface area contributed by atoms with Crippen molar-refractivity contribution in [1.82, 2.24) is 0 Å². The minimum Gasteiger partial charge on any atom is -0.325 e. The number of hydrogen-bond acceptors (Lipinski definition) is 1. The number of anilines is 1. The van der Waals surface area contributed by atoms with Crippen molar-refractivity contribution in [2.45, 2.75) is 38.5 Å². The molecule has 0 aromatic heterocycles. The van der Waals surface area contributed by atoms with E-state index in [0.717, 1.165) is 30.5 Å². The normalized spacial score (nSPS) is 23.1. The van der Waals surface area contributed by atoms with Gasteiger partial charge in [0.15, 0.2) is 0 Å². The first kappa shape index (κ1) is 11.5. The molecule has 1 atom stereocenters. The van der Waals surface area contributed by atoms with E-state index in [9.17, 15) is 4.79 Å². The highest BCUT2D eigenvalue weighted by molar-refractivity contribution is 6.33. The van der Waals surface area contributed by atoms with Gasteiger partial charge in [-0.1, -0.05) is 37.4 Å². The van der Waals surface area contributed by atoms with Gasteiger partial charge in [0.2, 0.25) is 5.91 Å². The predicted molar refractivity (Wildman–Crippen MR) is 67.0 cm³/mol. The molecule has 1 N–H and O–H groups in total. The summed E-state index contributed by atoms with van der Waals surface area (Å²) in [4.78, 5) is 12.0. The largest absolute Gasteiger partial charge is 0.325 e. The van der Waals surface area contributed by atoms with Crippen LogP contribution < -0.4 is 5.32 Å². The molecule has 1 heterocycles. The second-order valence-electron chi connectivity index (χ2n) is 4.55. The molecule has 2 nitrogen and oxygen atoms in total. The number of nitrogens with one attached hydrogen (secondary N) is 1. The van der Waals surface area contributed by atoms with Crippen molar-refractivity contribution < 1.29 is 4.79 Å². The number of unbranched alkanes of at least 4 members (excludes halogenated alkanes) is 1. The van der Waals surface area contributed by atoms with E-state index in [0.29, 0.717) is 5.02 Å². The van der Waals surface area contributed by atoms with Crippen LogP contribution in [0.3, 0.4) is 0 Å². The number of benzene rings is 1. The van der Waals surface area contributed by atoms with E-state index < -0.39 is 5.41 Å². The van der Waals surface area contributed by atoms with Gasteiger partial charge in [-0.05, 0) is 25.5 Å². The Balaban J connectivity index is 2.45. The van der Waals surface area contributed by atoms with Gasteiger partial charge in [0.05, 0.1) is 5.41 Å². The third-order valence-corrected chi connectivity index (χ3v) is 3.66. The van der Waals surface area contributed by atoms with E-state index in [2.05, 4.69) is 12.2 Å². The van der Waals surface area contributed by atoms with Gasteiger partial charge in [-0.15, -0.1) is 0 Å². The summed E-state index contributed by atoms with van der Waals surface area (Å²) in [5.74, 6) is 0.0732. The van der Waals surface area contributed by atoms with E-state index in [1.54, 1.807) is 0 Å². The lowest BCUT2D eigenvalue weighted by atomic mass is 9.79. The van der Waals surface area contributed by atoms with Crippen LogP contribution >= 0.6 is 11.6 Å². The highest BCUT2D eigenvalue weighted by Crippen LogP contribution is 2.44. The number of rotatable bonds is 3. The molecule has 1 aromatic rings. The lowest BCUT2D eigenvalue weighted by Gasteiger charge is -2.22. The number of carbonyl (C=O) groups excluding carboxylic acids is 1. The highest BCUT2D eigenvalue weighted by atomic mass is 35.5. The Labute approximate surface area is 101 Å². The maximum atomic E-state index is 12.0. The van der Waals surface area contributed by atoms with Crippen LogP contribution in [0.15, 0.2) is 18.2 Å².